The van der Waals surface area contributed by atoms with Gasteiger partial charge in [0.1, 0.15) is 5.75 Å². The van der Waals surface area contributed by atoms with Gasteiger partial charge in [-0.3, -0.25) is 4.79 Å². The molecule has 4 rings (SSSR count). The predicted molar refractivity (Wildman–Crippen MR) is 122 cm³/mol. The Morgan fingerprint density at radius 3 is 2.29 bits per heavy atom. The van der Waals surface area contributed by atoms with Gasteiger partial charge in [-0.2, -0.15) is 5.10 Å². The van der Waals surface area contributed by atoms with E-state index in [0.29, 0.717) is 19.4 Å². The molecule has 0 fully saturated rings. The van der Waals surface area contributed by atoms with Gasteiger partial charge in [-0.05, 0) is 41.8 Å². The molecule has 0 aliphatic rings. The molecule has 0 atom stereocenters. The number of hydrogen-bond acceptors (Lipinski definition) is 3. The maximum Gasteiger partial charge on any atom is 0.220 e. The summed E-state index contributed by atoms with van der Waals surface area (Å²) in [6, 6.07) is 27.8. The van der Waals surface area contributed by atoms with Crippen molar-refractivity contribution in [2.75, 3.05) is 7.11 Å². The zero-order chi connectivity index (χ0) is 21.5. The van der Waals surface area contributed by atoms with Crippen molar-refractivity contribution >= 4 is 5.91 Å². The van der Waals surface area contributed by atoms with Crippen LogP contribution in [0.3, 0.4) is 0 Å². The Bertz CT molecular complexity index is 1120. The first-order valence-electron chi connectivity index (χ1n) is 10.3. The van der Waals surface area contributed by atoms with Crippen LogP contribution in [0.1, 0.15) is 17.5 Å². The zero-order valence-electron chi connectivity index (χ0n) is 17.5. The molecule has 1 aromatic heterocycles. The van der Waals surface area contributed by atoms with Gasteiger partial charge in [0.05, 0.1) is 18.5 Å². The number of rotatable bonds is 8. The highest BCUT2D eigenvalue weighted by Crippen LogP contribution is 2.24. The fourth-order valence-electron chi connectivity index (χ4n) is 3.43. The second-order valence-corrected chi connectivity index (χ2v) is 7.27. The van der Waals surface area contributed by atoms with Crippen molar-refractivity contribution in [2.24, 2.45) is 0 Å². The van der Waals surface area contributed by atoms with Gasteiger partial charge in [0.2, 0.25) is 5.91 Å². The number of hydrogen-bond donors (Lipinski definition) is 1. The van der Waals surface area contributed by atoms with Gasteiger partial charge in [0.25, 0.3) is 0 Å². The number of amides is 1. The Morgan fingerprint density at radius 2 is 1.61 bits per heavy atom. The van der Waals surface area contributed by atoms with Gasteiger partial charge in [-0.25, -0.2) is 4.68 Å². The van der Waals surface area contributed by atoms with Crippen LogP contribution in [-0.4, -0.2) is 22.8 Å². The molecule has 31 heavy (non-hydrogen) atoms. The first-order chi connectivity index (χ1) is 15.2. The summed E-state index contributed by atoms with van der Waals surface area (Å²) < 4.78 is 7.05. The van der Waals surface area contributed by atoms with Crippen LogP contribution in [0.5, 0.6) is 5.75 Å². The first-order valence-corrected chi connectivity index (χ1v) is 10.3. The topological polar surface area (TPSA) is 56.1 Å². The molecule has 4 aromatic rings. The first kappa shape index (κ1) is 20.4. The lowest BCUT2D eigenvalue weighted by molar-refractivity contribution is -0.121. The summed E-state index contributed by atoms with van der Waals surface area (Å²) >= 11 is 0. The van der Waals surface area contributed by atoms with Gasteiger partial charge in [-0.15, -0.1) is 0 Å². The maximum absolute atomic E-state index is 12.5. The molecule has 0 bridgehead atoms. The molecule has 0 aliphatic carbocycles. The molecule has 3 aromatic carbocycles. The standard InChI is InChI=1S/C26H25N3O2/c1-31-24-15-12-20(13-16-24)18-27-25(30)17-14-22-19-29(23-10-6-3-7-11-23)28-26(22)21-8-4-2-5-9-21/h2-13,15-16,19H,14,17-18H2,1H3,(H,27,30). The van der Waals surface area contributed by atoms with Crippen molar-refractivity contribution in [1.82, 2.24) is 15.1 Å². The molecule has 0 saturated heterocycles. The number of aryl methyl sites for hydroxylation is 1. The molecule has 1 heterocycles. The lowest BCUT2D eigenvalue weighted by atomic mass is 10.0. The van der Waals surface area contributed by atoms with E-state index >= 15 is 0 Å². The third-order valence-electron chi connectivity index (χ3n) is 5.13. The molecule has 156 valence electrons. The number of ether oxygens (including phenoxy) is 1. The molecule has 1 amide bonds. The van der Waals surface area contributed by atoms with Crippen molar-refractivity contribution < 1.29 is 9.53 Å². The normalized spacial score (nSPS) is 10.6. The summed E-state index contributed by atoms with van der Waals surface area (Å²) in [6.07, 6.45) is 3.04. The van der Waals surface area contributed by atoms with Gasteiger partial charge in [-0.1, -0.05) is 60.7 Å². The van der Waals surface area contributed by atoms with E-state index in [2.05, 4.69) is 5.32 Å². The van der Waals surface area contributed by atoms with Crippen LogP contribution in [0.2, 0.25) is 0 Å². The second-order valence-electron chi connectivity index (χ2n) is 7.27. The summed E-state index contributed by atoms with van der Waals surface area (Å²) in [5.41, 5.74) is 5.04. The van der Waals surface area contributed by atoms with Crippen molar-refractivity contribution in [2.45, 2.75) is 19.4 Å². The molecule has 1 N–H and O–H groups in total. The van der Waals surface area contributed by atoms with E-state index in [9.17, 15) is 4.79 Å². The molecule has 0 saturated carbocycles. The Morgan fingerprint density at radius 1 is 0.935 bits per heavy atom. The molecule has 0 aliphatic heterocycles. The van der Waals surface area contributed by atoms with Crippen molar-refractivity contribution in [3.8, 4) is 22.7 Å². The second kappa shape index (κ2) is 9.76. The number of carbonyl (C=O) groups excluding carboxylic acids is 1. The summed E-state index contributed by atoms with van der Waals surface area (Å²) in [5, 5.41) is 7.81. The number of nitrogens with one attached hydrogen (secondary N) is 1. The zero-order valence-corrected chi connectivity index (χ0v) is 17.5. The lowest BCUT2D eigenvalue weighted by Crippen LogP contribution is -2.23. The Balaban J connectivity index is 1.45. The van der Waals surface area contributed by atoms with Crippen molar-refractivity contribution in [3.63, 3.8) is 0 Å². The minimum atomic E-state index is 0.0160. The fourth-order valence-corrected chi connectivity index (χ4v) is 3.43. The van der Waals surface area contributed by atoms with Crippen LogP contribution >= 0.6 is 0 Å². The van der Waals surface area contributed by atoms with Crippen LogP contribution in [0, 0.1) is 0 Å². The molecule has 5 nitrogen and oxygen atoms in total. The van der Waals surface area contributed by atoms with E-state index in [-0.39, 0.29) is 5.91 Å². The van der Waals surface area contributed by atoms with Crippen LogP contribution < -0.4 is 10.1 Å². The summed E-state index contributed by atoms with van der Waals surface area (Å²) in [7, 11) is 1.64. The van der Waals surface area contributed by atoms with E-state index in [0.717, 1.165) is 33.8 Å². The van der Waals surface area contributed by atoms with Gasteiger partial charge < -0.3 is 10.1 Å². The van der Waals surface area contributed by atoms with Gasteiger partial charge >= 0.3 is 0 Å². The van der Waals surface area contributed by atoms with Crippen LogP contribution in [0.4, 0.5) is 0 Å². The van der Waals surface area contributed by atoms with E-state index in [1.54, 1.807) is 7.11 Å². The quantitative estimate of drug-likeness (QED) is 0.453. The van der Waals surface area contributed by atoms with Crippen molar-refractivity contribution in [1.29, 1.82) is 0 Å². The maximum atomic E-state index is 12.5. The fraction of sp³-hybridized carbons (Fsp3) is 0.154. The van der Waals surface area contributed by atoms with Gasteiger partial charge in [0.15, 0.2) is 0 Å². The average Bonchev–Trinajstić information content (AvgIpc) is 3.27. The Kier molecular flexibility index (Phi) is 6.43. The molecule has 0 radical (unpaired) electrons. The van der Waals surface area contributed by atoms with E-state index < -0.39 is 0 Å². The minimum absolute atomic E-state index is 0.0160. The largest absolute Gasteiger partial charge is 0.497 e. The molecule has 5 heteroatoms. The highest BCUT2D eigenvalue weighted by Gasteiger charge is 2.13. The van der Waals surface area contributed by atoms with E-state index in [1.807, 2.05) is 95.8 Å². The predicted octanol–water partition coefficient (Wildman–Crippen LogP) is 4.80. The number of para-hydroxylation sites is 1. The van der Waals surface area contributed by atoms with E-state index in [1.165, 1.54) is 0 Å². The monoisotopic (exact) mass is 411 g/mol. The van der Waals surface area contributed by atoms with Gasteiger partial charge in [0, 0.05) is 24.7 Å². The van der Waals surface area contributed by atoms with Crippen LogP contribution in [-0.2, 0) is 17.8 Å². The summed E-state index contributed by atoms with van der Waals surface area (Å²) in [6.45, 7) is 0.498. The number of methoxy groups -OCH3 is 1. The highest BCUT2D eigenvalue weighted by molar-refractivity contribution is 5.76. The third-order valence-corrected chi connectivity index (χ3v) is 5.13. The van der Waals surface area contributed by atoms with E-state index in [4.69, 9.17) is 9.84 Å². The lowest BCUT2D eigenvalue weighted by Gasteiger charge is -2.07. The number of carbonyl (C=O) groups is 1. The summed E-state index contributed by atoms with van der Waals surface area (Å²) in [4.78, 5) is 12.5. The number of benzene rings is 3. The molecular formula is C26H25N3O2. The van der Waals surface area contributed by atoms with Crippen molar-refractivity contribution in [3.05, 3.63) is 102 Å². The third kappa shape index (κ3) is 5.20. The SMILES string of the molecule is COc1ccc(CNC(=O)CCc2cn(-c3ccccc3)nc2-c2ccccc2)cc1. The smallest absolute Gasteiger partial charge is 0.220 e. The summed E-state index contributed by atoms with van der Waals surface area (Å²) in [5.74, 6) is 0.821. The molecule has 0 spiro atoms. The number of nitrogens with zero attached hydrogens (tertiary/aromatic N) is 2. The van der Waals surface area contributed by atoms with Crippen LogP contribution in [0.25, 0.3) is 16.9 Å². The minimum Gasteiger partial charge on any atom is -0.497 e. The Labute approximate surface area is 182 Å². The molecule has 0 unspecified atom stereocenters. The average molecular weight is 412 g/mol. The number of aromatic nitrogens is 2. The Hall–Kier alpha value is -3.86. The molecular weight excluding hydrogens is 386 g/mol. The van der Waals surface area contributed by atoms with Crippen LogP contribution in [0.15, 0.2) is 91.1 Å². The highest BCUT2D eigenvalue weighted by atomic mass is 16.5.